The van der Waals surface area contributed by atoms with Crippen molar-refractivity contribution in [3.8, 4) is 44.5 Å². The van der Waals surface area contributed by atoms with E-state index < -0.39 is 0 Å². The van der Waals surface area contributed by atoms with E-state index in [0.29, 0.717) is 0 Å². The first-order valence-electron chi connectivity index (χ1n) is 22.1. The van der Waals surface area contributed by atoms with Crippen molar-refractivity contribution in [3.63, 3.8) is 0 Å². The molecular formula is C61H41NO2. The minimum absolute atomic E-state index is 0.118. The van der Waals surface area contributed by atoms with Crippen molar-refractivity contribution in [1.82, 2.24) is 0 Å². The van der Waals surface area contributed by atoms with E-state index in [9.17, 15) is 0 Å². The predicted octanol–water partition coefficient (Wildman–Crippen LogP) is 17.4. The molecule has 13 rings (SSSR count). The van der Waals surface area contributed by atoms with Crippen LogP contribution in [-0.2, 0) is 5.41 Å². The van der Waals surface area contributed by atoms with Gasteiger partial charge in [0.25, 0.3) is 0 Å². The van der Waals surface area contributed by atoms with Gasteiger partial charge >= 0.3 is 0 Å². The molecule has 0 fully saturated rings. The zero-order chi connectivity index (χ0) is 42.5. The summed E-state index contributed by atoms with van der Waals surface area (Å²) < 4.78 is 13.1. The fourth-order valence-electron chi connectivity index (χ4n) is 10.6. The highest BCUT2D eigenvalue weighted by atomic mass is 16.3. The first kappa shape index (κ1) is 36.5. The van der Waals surface area contributed by atoms with Crippen LogP contribution in [0.5, 0.6) is 0 Å². The smallest absolute Gasteiger partial charge is 0.143 e. The van der Waals surface area contributed by atoms with E-state index in [1.54, 1.807) is 0 Å². The SMILES string of the molecule is CC1(C)c2ccccc2-c2cccc(-c3ccc(N(c4ccc(-c5ccc6oc7ccccc7c6c5)cc4)c4ccccc4-c4cccc5c4oc4c6ccccc6ccc54)cc3)c21. The maximum absolute atomic E-state index is 6.93. The molecule has 0 amide bonds. The van der Waals surface area contributed by atoms with Gasteiger partial charge in [0, 0.05) is 54.8 Å². The number of nitrogens with zero attached hydrogens (tertiary/aromatic N) is 1. The molecule has 3 nitrogen and oxygen atoms in total. The number of furan rings is 2. The van der Waals surface area contributed by atoms with Gasteiger partial charge in [-0.3, -0.25) is 0 Å². The monoisotopic (exact) mass is 819 g/mol. The van der Waals surface area contributed by atoms with Gasteiger partial charge in [-0.2, -0.15) is 0 Å². The van der Waals surface area contributed by atoms with Gasteiger partial charge in [0.05, 0.1) is 5.69 Å². The topological polar surface area (TPSA) is 29.5 Å². The Morgan fingerprint density at radius 2 is 0.953 bits per heavy atom. The zero-order valence-corrected chi connectivity index (χ0v) is 35.5. The molecule has 0 atom stereocenters. The number of benzene rings is 10. The Hall–Kier alpha value is -8.14. The summed E-state index contributed by atoms with van der Waals surface area (Å²) in [7, 11) is 0. The summed E-state index contributed by atoms with van der Waals surface area (Å²) in [5.74, 6) is 0. The Labute approximate surface area is 371 Å². The molecule has 0 aliphatic heterocycles. The summed E-state index contributed by atoms with van der Waals surface area (Å²) in [5.41, 5.74) is 19.0. The molecule has 12 aromatic rings. The lowest BCUT2D eigenvalue weighted by molar-refractivity contribution is 0.662. The van der Waals surface area contributed by atoms with Gasteiger partial charge in [-0.15, -0.1) is 0 Å². The van der Waals surface area contributed by atoms with Gasteiger partial charge in [-0.25, -0.2) is 0 Å². The lowest BCUT2D eigenvalue weighted by Crippen LogP contribution is -2.16. The Bertz CT molecular complexity index is 3810. The van der Waals surface area contributed by atoms with Crippen LogP contribution in [0.15, 0.2) is 221 Å². The van der Waals surface area contributed by atoms with Crippen molar-refractivity contribution < 1.29 is 8.83 Å². The molecule has 0 N–H and O–H groups in total. The highest BCUT2D eigenvalue weighted by Gasteiger charge is 2.37. The van der Waals surface area contributed by atoms with Crippen LogP contribution < -0.4 is 4.90 Å². The molecule has 2 heterocycles. The Kier molecular flexibility index (Phi) is 7.95. The summed E-state index contributed by atoms with van der Waals surface area (Å²) in [6, 6.07) is 76.6. The highest BCUT2D eigenvalue weighted by Crippen LogP contribution is 2.52. The zero-order valence-electron chi connectivity index (χ0n) is 35.5. The number of anilines is 3. The lowest BCUT2D eigenvalue weighted by atomic mass is 9.79. The maximum atomic E-state index is 6.93. The normalized spacial score (nSPS) is 13.0. The minimum atomic E-state index is -0.118. The summed E-state index contributed by atoms with van der Waals surface area (Å²) in [6.45, 7) is 4.72. The van der Waals surface area contributed by atoms with E-state index in [0.717, 1.165) is 88.6 Å². The van der Waals surface area contributed by atoms with Crippen LogP contribution in [0, 0.1) is 0 Å². The van der Waals surface area contributed by atoms with Crippen LogP contribution in [0.2, 0.25) is 0 Å². The van der Waals surface area contributed by atoms with Gasteiger partial charge in [0.15, 0.2) is 0 Å². The predicted molar refractivity (Wildman–Crippen MR) is 267 cm³/mol. The minimum Gasteiger partial charge on any atom is -0.456 e. The Morgan fingerprint density at radius 3 is 1.80 bits per heavy atom. The van der Waals surface area contributed by atoms with Crippen LogP contribution in [0.25, 0.3) is 99.2 Å². The lowest BCUT2D eigenvalue weighted by Gasteiger charge is -2.28. The molecule has 302 valence electrons. The molecule has 3 heteroatoms. The molecule has 10 aromatic carbocycles. The molecule has 64 heavy (non-hydrogen) atoms. The quantitative estimate of drug-likeness (QED) is 0.167. The largest absolute Gasteiger partial charge is 0.456 e. The van der Waals surface area contributed by atoms with Crippen molar-refractivity contribution in [1.29, 1.82) is 0 Å². The van der Waals surface area contributed by atoms with Crippen LogP contribution in [0.4, 0.5) is 17.1 Å². The molecule has 0 saturated carbocycles. The Balaban J connectivity index is 0.965. The summed E-state index contributed by atoms with van der Waals surface area (Å²) >= 11 is 0. The van der Waals surface area contributed by atoms with Crippen LogP contribution in [-0.4, -0.2) is 0 Å². The third kappa shape index (κ3) is 5.47. The van der Waals surface area contributed by atoms with Gasteiger partial charge in [-0.1, -0.05) is 172 Å². The number of rotatable bonds is 6. The standard InChI is InChI=1S/C61H41NO2/c1-61(2)54-22-8-5-15-46(54)49-19-11-18-44(58(49)61)40-27-33-43(34-28-40)62(42-31-25-38(26-32-42)41-30-36-57-53(37-41)48-17-7-10-24-56(48)63-57)55-23-9-6-16-47(55)50-20-12-21-51-52-35-29-39-13-3-4-14-45(39)59(52)64-60(50)51/h3-37H,1-2H3. The van der Waals surface area contributed by atoms with Crippen molar-refractivity contribution in [2.75, 3.05) is 4.90 Å². The molecule has 2 aromatic heterocycles. The van der Waals surface area contributed by atoms with Crippen LogP contribution in [0.1, 0.15) is 25.0 Å². The second-order valence-corrected chi connectivity index (χ2v) is 17.6. The van der Waals surface area contributed by atoms with E-state index in [4.69, 9.17) is 8.83 Å². The van der Waals surface area contributed by atoms with Crippen molar-refractivity contribution in [2.24, 2.45) is 0 Å². The second-order valence-electron chi connectivity index (χ2n) is 17.6. The maximum Gasteiger partial charge on any atom is 0.143 e. The van der Waals surface area contributed by atoms with E-state index in [1.807, 2.05) is 12.1 Å². The third-order valence-electron chi connectivity index (χ3n) is 13.7. The van der Waals surface area contributed by atoms with E-state index in [1.165, 1.54) is 38.8 Å². The summed E-state index contributed by atoms with van der Waals surface area (Å²) in [6.07, 6.45) is 0. The van der Waals surface area contributed by atoms with Crippen LogP contribution >= 0.6 is 0 Å². The van der Waals surface area contributed by atoms with E-state index in [-0.39, 0.29) is 5.41 Å². The highest BCUT2D eigenvalue weighted by molar-refractivity contribution is 6.17. The third-order valence-corrected chi connectivity index (χ3v) is 13.7. The second kappa shape index (κ2) is 13.9. The fraction of sp³-hybridized carbons (Fsp3) is 0.0492. The number of hydrogen-bond acceptors (Lipinski definition) is 3. The van der Waals surface area contributed by atoms with E-state index >= 15 is 0 Å². The average molecular weight is 820 g/mol. The fourth-order valence-corrected chi connectivity index (χ4v) is 10.6. The van der Waals surface area contributed by atoms with Crippen molar-refractivity contribution in [3.05, 3.63) is 223 Å². The molecule has 0 bridgehead atoms. The van der Waals surface area contributed by atoms with Gasteiger partial charge < -0.3 is 13.7 Å². The van der Waals surface area contributed by atoms with Crippen molar-refractivity contribution >= 4 is 71.7 Å². The molecule has 0 spiro atoms. The Morgan fingerprint density at radius 1 is 0.359 bits per heavy atom. The number of hydrogen-bond donors (Lipinski definition) is 0. The van der Waals surface area contributed by atoms with Gasteiger partial charge in [-0.05, 0) is 104 Å². The summed E-state index contributed by atoms with van der Waals surface area (Å²) in [5, 5.41) is 6.77. The number of para-hydroxylation sites is 3. The molecule has 1 aliphatic carbocycles. The molecule has 0 saturated heterocycles. The van der Waals surface area contributed by atoms with Gasteiger partial charge in [0.1, 0.15) is 22.3 Å². The summed E-state index contributed by atoms with van der Waals surface area (Å²) in [4.78, 5) is 2.39. The molecular weight excluding hydrogens is 779 g/mol. The van der Waals surface area contributed by atoms with E-state index in [2.05, 4.69) is 219 Å². The molecule has 1 aliphatic rings. The van der Waals surface area contributed by atoms with Gasteiger partial charge in [0.2, 0.25) is 0 Å². The number of fused-ring (bicyclic) bond motifs is 11. The molecule has 0 unspecified atom stereocenters. The first-order chi connectivity index (χ1) is 31.5. The van der Waals surface area contributed by atoms with Crippen LogP contribution in [0.3, 0.4) is 0 Å². The molecule has 0 radical (unpaired) electrons. The first-order valence-corrected chi connectivity index (χ1v) is 22.1. The van der Waals surface area contributed by atoms with Crippen molar-refractivity contribution in [2.45, 2.75) is 19.3 Å². The average Bonchev–Trinajstić information content (AvgIpc) is 4.00.